The third kappa shape index (κ3) is 8.37. The molecule has 0 atom stereocenters. The minimum atomic E-state index is -1.22. The minimum absolute atomic E-state index is 0.277. The number of carbonyl (C=O) groups is 3. The van der Waals surface area contributed by atoms with E-state index in [4.69, 9.17) is 5.73 Å². The number of primary amides is 1. The van der Waals surface area contributed by atoms with Gasteiger partial charge in [-0.1, -0.05) is 54.6 Å². The average Bonchev–Trinajstić information content (AvgIpc) is 3.65. The second-order valence-corrected chi connectivity index (χ2v) is 8.72. The van der Waals surface area contributed by atoms with Crippen LogP contribution in [-0.4, -0.2) is 28.3 Å². The normalized spacial score (nSPS) is 13.1. The maximum Gasteiger partial charge on any atom is 0.380 e. The van der Waals surface area contributed by atoms with Crippen molar-refractivity contribution in [2.45, 2.75) is 50.5 Å². The van der Waals surface area contributed by atoms with Crippen molar-refractivity contribution in [2.75, 3.05) is 0 Å². The Labute approximate surface area is 205 Å². The summed E-state index contributed by atoms with van der Waals surface area (Å²) in [6.07, 6.45) is 8.74. The van der Waals surface area contributed by atoms with E-state index in [1.54, 1.807) is 18.3 Å². The molecular formula is C28H30N3O4. The number of aryl methyl sites for hydroxylation is 2. The minimum Gasteiger partial charge on any atom is -0.369 e. The molecule has 35 heavy (non-hydrogen) atoms. The van der Waals surface area contributed by atoms with Crippen LogP contribution < -0.4 is 11.1 Å². The molecule has 1 aliphatic rings. The lowest BCUT2D eigenvalue weighted by Crippen LogP contribution is -2.42. The summed E-state index contributed by atoms with van der Waals surface area (Å²) in [5, 5.41) is 13.2. The Morgan fingerprint density at radius 1 is 0.829 bits per heavy atom. The van der Waals surface area contributed by atoms with Crippen LogP contribution in [0.2, 0.25) is 0 Å². The van der Waals surface area contributed by atoms with Gasteiger partial charge in [-0.2, -0.15) is 0 Å². The zero-order valence-corrected chi connectivity index (χ0v) is 19.6. The molecule has 0 unspecified atom stereocenters. The second-order valence-electron chi connectivity index (χ2n) is 8.72. The highest BCUT2D eigenvalue weighted by Crippen LogP contribution is 2.35. The number of hydrogen-bond acceptors (Lipinski definition) is 4. The van der Waals surface area contributed by atoms with Gasteiger partial charge in [0.05, 0.1) is 12.0 Å². The quantitative estimate of drug-likeness (QED) is 0.438. The van der Waals surface area contributed by atoms with Crippen molar-refractivity contribution in [1.29, 1.82) is 0 Å². The van der Waals surface area contributed by atoms with Crippen LogP contribution >= 0.6 is 0 Å². The Kier molecular flexibility index (Phi) is 9.12. The number of aromatic nitrogens is 1. The number of nitrogens with zero attached hydrogens (tertiary/aromatic N) is 1. The molecule has 4 rings (SSSR count). The number of nitrogens with two attached hydrogens (primary N) is 1. The van der Waals surface area contributed by atoms with Crippen LogP contribution in [0.25, 0.3) is 0 Å². The highest BCUT2D eigenvalue weighted by molar-refractivity contribution is 5.98. The van der Waals surface area contributed by atoms with Gasteiger partial charge in [0.15, 0.2) is 0 Å². The van der Waals surface area contributed by atoms with E-state index in [1.807, 2.05) is 12.1 Å². The smallest absolute Gasteiger partial charge is 0.369 e. The number of benzene rings is 2. The van der Waals surface area contributed by atoms with Gasteiger partial charge in [-0.25, -0.2) is 9.90 Å². The lowest BCUT2D eigenvalue weighted by Gasteiger charge is -2.10. The largest absolute Gasteiger partial charge is 0.380 e. The third-order valence-electron chi connectivity index (χ3n) is 5.84. The second kappa shape index (κ2) is 12.5. The molecule has 3 aromatic rings. The number of unbranched alkanes of at least 4 members (excludes halogenated alkanes) is 1. The van der Waals surface area contributed by atoms with E-state index < -0.39 is 17.4 Å². The summed E-state index contributed by atoms with van der Waals surface area (Å²) in [7, 11) is 0. The molecule has 0 aliphatic heterocycles. The highest BCUT2D eigenvalue weighted by atomic mass is 16.4. The lowest BCUT2D eigenvalue weighted by atomic mass is 10.0. The van der Waals surface area contributed by atoms with Crippen molar-refractivity contribution in [2.24, 2.45) is 5.73 Å². The maximum absolute atomic E-state index is 11.6. The van der Waals surface area contributed by atoms with Crippen LogP contribution in [0.15, 0.2) is 79.1 Å². The van der Waals surface area contributed by atoms with E-state index in [-0.39, 0.29) is 5.91 Å². The van der Waals surface area contributed by atoms with E-state index in [9.17, 15) is 19.5 Å². The van der Waals surface area contributed by atoms with Crippen LogP contribution in [0, 0.1) is 0 Å². The first-order valence-corrected chi connectivity index (χ1v) is 11.7. The number of rotatable bonds is 10. The number of hydrogen-bond donors (Lipinski definition) is 2. The molecule has 1 saturated carbocycles. The molecule has 1 radical (unpaired) electrons. The first-order chi connectivity index (χ1) is 16.9. The summed E-state index contributed by atoms with van der Waals surface area (Å²) in [5.41, 5.74) is 8.11. The van der Waals surface area contributed by atoms with Crippen LogP contribution in [0.1, 0.15) is 52.7 Å². The van der Waals surface area contributed by atoms with Crippen LogP contribution in [-0.2, 0) is 34.0 Å². The molecule has 1 aliphatic carbocycles. The van der Waals surface area contributed by atoms with E-state index in [0.717, 1.165) is 18.4 Å². The summed E-state index contributed by atoms with van der Waals surface area (Å²) >= 11 is 0. The van der Waals surface area contributed by atoms with E-state index in [1.165, 1.54) is 30.2 Å². The molecule has 7 nitrogen and oxygen atoms in total. The van der Waals surface area contributed by atoms with Gasteiger partial charge in [0.25, 0.3) is 5.91 Å². The molecule has 0 bridgehead atoms. The van der Waals surface area contributed by atoms with Crippen molar-refractivity contribution >= 4 is 17.8 Å². The number of carbonyl (C=O) groups excluding carboxylic acids is 3. The summed E-state index contributed by atoms with van der Waals surface area (Å²) in [5.74, 6) is -1.93. The maximum atomic E-state index is 11.6. The van der Waals surface area contributed by atoms with Crippen molar-refractivity contribution in [3.05, 3.63) is 101 Å². The summed E-state index contributed by atoms with van der Waals surface area (Å²) in [6.45, 7) is 0. The van der Waals surface area contributed by atoms with E-state index in [2.05, 4.69) is 52.8 Å². The van der Waals surface area contributed by atoms with Gasteiger partial charge in [-0.3, -0.25) is 14.6 Å². The fraction of sp³-hybridized carbons (Fsp3) is 0.286. The van der Waals surface area contributed by atoms with E-state index >= 15 is 0 Å². The van der Waals surface area contributed by atoms with Gasteiger partial charge in [0.1, 0.15) is 5.54 Å². The molecule has 1 fully saturated rings. The standard InChI is InChI=1S/C18H21NO.C10H9N2O3/c19-18(20)14-17-12-10-16(11-13-17)9-5-4-8-15-6-2-1-3-7-15;13-8(7-2-1-5-11-6-7)12-10(3-4-10)9(14)15/h1-3,6-7,10-13H,4-5,8-9,14H2,(H2,19,20);1-2,5-6H,3-4H2,(H,12,13). The van der Waals surface area contributed by atoms with Crippen molar-refractivity contribution < 1.29 is 19.5 Å². The van der Waals surface area contributed by atoms with Crippen LogP contribution in [0.3, 0.4) is 0 Å². The van der Waals surface area contributed by atoms with Crippen molar-refractivity contribution in [3.8, 4) is 0 Å². The molecule has 3 N–H and O–H groups in total. The van der Waals surface area contributed by atoms with Crippen molar-refractivity contribution in [1.82, 2.24) is 10.3 Å². The lowest BCUT2D eigenvalue weighted by molar-refractivity contribution is -0.146. The van der Waals surface area contributed by atoms with Gasteiger partial charge in [-0.15, -0.1) is 0 Å². The topological polar surface area (TPSA) is 122 Å². The van der Waals surface area contributed by atoms with Gasteiger partial charge < -0.3 is 11.1 Å². The molecule has 0 saturated heterocycles. The highest BCUT2D eigenvalue weighted by Gasteiger charge is 2.53. The van der Waals surface area contributed by atoms with Gasteiger partial charge in [0.2, 0.25) is 5.91 Å². The predicted octanol–water partition coefficient (Wildman–Crippen LogP) is 3.58. The fourth-order valence-electron chi connectivity index (χ4n) is 3.62. The SMILES string of the molecule is NC(=O)Cc1ccc(CCCCc2ccccc2)cc1.[O]C(=O)C1(NC(=O)c2cccnc2)CC1. The molecule has 1 aromatic heterocycles. The third-order valence-corrected chi connectivity index (χ3v) is 5.84. The molecule has 2 amide bonds. The van der Waals surface area contributed by atoms with Gasteiger partial charge >= 0.3 is 5.97 Å². The first kappa shape index (κ1) is 25.6. The zero-order valence-electron chi connectivity index (χ0n) is 19.6. The molecule has 0 spiro atoms. The summed E-state index contributed by atoms with van der Waals surface area (Å²) in [6, 6.07) is 22.0. The summed E-state index contributed by atoms with van der Waals surface area (Å²) < 4.78 is 0. The Hall–Kier alpha value is -4.00. The Morgan fingerprint density at radius 3 is 1.94 bits per heavy atom. The monoisotopic (exact) mass is 472 g/mol. The Morgan fingerprint density at radius 2 is 1.43 bits per heavy atom. The Bertz CT molecular complexity index is 1110. The molecule has 181 valence electrons. The molecule has 7 heteroatoms. The summed E-state index contributed by atoms with van der Waals surface area (Å²) in [4.78, 5) is 36.9. The zero-order chi connectivity index (χ0) is 25.1. The number of amides is 2. The molecular weight excluding hydrogens is 442 g/mol. The van der Waals surface area contributed by atoms with Gasteiger partial charge in [-0.05, 0) is 67.3 Å². The Balaban J connectivity index is 0.000000203. The fourth-order valence-corrected chi connectivity index (χ4v) is 3.62. The van der Waals surface area contributed by atoms with Crippen molar-refractivity contribution in [3.63, 3.8) is 0 Å². The molecule has 2 aromatic carbocycles. The predicted molar refractivity (Wildman–Crippen MR) is 132 cm³/mol. The average molecular weight is 473 g/mol. The number of nitrogens with one attached hydrogen (secondary N) is 1. The molecule has 1 heterocycles. The van der Waals surface area contributed by atoms with E-state index in [0.29, 0.717) is 24.8 Å². The number of pyridine rings is 1. The van der Waals surface area contributed by atoms with Crippen LogP contribution in [0.4, 0.5) is 0 Å². The van der Waals surface area contributed by atoms with Crippen LogP contribution in [0.5, 0.6) is 0 Å². The van der Waals surface area contributed by atoms with Gasteiger partial charge in [0, 0.05) is 12.4 Å². The first-order valence-electron chi connectivity index (χ1n) is 11.7.